The van der Waals surface area contributed by atoms with Crippen LogP contribution in [-0.2, 0) is 0 Å². The molecular weight excluding hydrogens is 266 g/mol. The van der Waals surface area contributed by atoms with Gasteiger partial charge in [-0.2, -0.15) is 0 Å². The first-order valence-electron chi connectivity index (χ1n) is 4.47. The fraction of sp³-hybridized carbons (Fsp3) is 0.111. The molecule has 2 rings (SSSR count). The first-order valence-corrected chi connectivity index (χ1v) is 5.66. The molecule has 0 aliphatic carbocycles. The van der Waals surface area contributed by atoms with Gasteiger partial charge < -0.3 is 4.42 Å². The van der Waals surface area contributed by atoms with E-state index in [1.54, 1.807) is 13.0 Å². The number of furan rings is 1. The van der Waals surface area contributed by atoms with Crippen molar-refractivity contribution in [2.75, 3.05) is 0 Å². The summed E-state index contributed by atoms with van der Waals surface area (Å²) in [5.74, 6) is 0.666. The monoisotopic (exact) mass is 271 g/mol. The second-order valence-corrected chi connectivity index (χ2v) is 4.40. The summed E-state index contributed by atoms with van der Waals surface area (Å²) in [4.78, 5) is 18.4. The van der Waals surface area contributed by atoms with Gasteiger partial charge in [0.15, 0.2) is 5.03 Å². The third kappa shape index (κ3) is 2.56. The quantitative estimate of drug-likeness (QED) is 0.369. The van der Waals surface area contributed by atoms with Crippen LogP contribution in [0.3, 0.4) is 0 Å². The van der Waals surface area contributed by atoms with E-state index in [0.717, 1.165) is 22.9 Å². The van der Waals surface area contributed by atoms with Crippen LogP contribution < -0.4 is 0 Å². The average Bonchev–Trinajstić information content (AvgIpc) is 2.64. The molecule has 0 bridgehead atoms. The largest absolute Gasteiger partial charge is 0.468 e. The van der Waals surface area contributed by atoms with E-state index in [4.69, 9.17) is 16.0 Å². The van der Waals surface area contributed by atoms with Crippen LogP contribution in [0.2, 0.25) is 5.28 Å². The van der Waals surface area contributed by atoms with Crippen LogP contribution in [0.25, 0.3) is 0 Å². The molecule has 0 fully saturated rings. The van der Waals surface area contributed by atoms with Gasteiger partial charge in [-0.3, -0.25) is 10.1 Å². The van der Waals surface area contributed by atoms with Gasteiger partial charge in [-0.15, -0.1) is 0 Å². The summed E-state index contributed by atoms with van der Waals surface area (Å²) < 4.78 is 5.10. The van der Waals surface area contributed by atoms with Gasteiger partial charge in [-0.1, -0.05) is 11.8 Å². The lowest BCUT2D eigenvalue weighted by molar-refractivity contribution is -0.388. The number of aryl methyl sites for hydroxylation is 1. The molecular formula is C9H6ClN3O3S. The molecule has 8 heteroatoms. The molecule has 2 aromatic heterocycles. The van der Waals surface area contributed by atoms with Crippen LogP contribution >= 0.6 is 23.4 Å². The van der Waals surface area contributed by atoms with Crippen molar-refractivity contribution in [3.05, 3.63) is 39.7 Å². The van der Waals surface area contributed by atoms with Gasteiger partial charge in [0.05, 0.1) is 16.1 Å². The Balaban J connectivity index is 2.41. The Kier molecular flexibility index (Phi) is 3.30. The minimum atomic E-state index is -0.548. The molecule has 0 N–H and O–H groups in total. The molecule has 0 unspecified atom stereocenters. The molecule has 0 aliphatic heterocycles. The van der Waals surface area contributed by atoms with Gasteiger partial charge in [0.25, 0.3) is 0 Å². The molecule has 2 heterocycles. The molecule has 0 spiro atoms. The second-order valence-electron chi connectivity index (χ2n) is 3.03. The molecule has 0 saturated carbocycles. The van der Waals surface area contributed by atoms with Crippen LogP contribution in [0.1, 0.15) is 5.76 Å². The maximum absolute atomic E-state index is 10.8. The fourth-order valence-corrected chi connectivity index (χ4v) is 2.19. The summed E-state index contributed by atoms with van der Waals surface area (Å²) in [5, 5.41) is 11.0. The van der Waals surface area contributed by atoms with E-state index in [1.807, 2.05) is 0 Å². The van der Waals surface area contributed by atoms with Crippen molar-refractivity contribution in [3.8, 4) is 0 Å². The maximum atomic E-state index is 10.8. The highest BCUT2D eigenvalue weighted by atomic mass is 35.5. The Morgan fingerprint density at radius 2 is 2.35 bits per heavy atom. The SMILES string of the molecule is Cc1occc1Sc1nc(Cl)ncc1[N+](=O)[O-]. The van der Waals surface area contributed by atoms with Crippen molar-refractivity contribution in [3.63, 3.8) is 0 Å². The van der Waals surface area contributed by atoms with Crippen molar-refractivity contribution < 1.29 is 9.34 Å². The Bertz CT molecular complexity index is 572. The zero-order valence-corrected chi connectivity index (χ0v) is 10.2. The molecule has 6 nitrogen and oxygen atoms in total. The van der Waals surface area contributed by atoms with Gasteiger partial charge in [0.2, 0.25) is 5.28 Å². The lowest BCUT2D eigenvalue weighted by atomic mass is 10.5. The fourth-order valence-electron chi connectivity index (χ4n) is 1.12. The van der Waals surface area contributed by atoms with Gasteiger partial charge in [0, 0.05) is 0 Å². The van der Waals surface area contributed by atoms with Crippen molar-refractivity contribution >= 4 is 29.1 Å². The minimum Gasteiger partial charge on any atom is -0.468 e. The number of hydrogen-bond donors (Lipinski definition) is 0. The lowest BCUT2D eigenvalue weighted by Crippen LogP contribution is -1.95. The number of halogens is 1. The molecule has 0 amide bonds. The lowest BCUT2D eigenvalue weighted by Gasteiger charge is -2.00. The normalized spacial score (nSPS) is 10.5. The smallest absolute Gasteiger partial charge is 0.319 e. The van der Waals surface area contributed by atoms with Crippen LogP contribution in [0, 0.1) is 17.0 Å². The first kappa shape index (κ1) is 11.9. The van der Waals surface area contributed by atoms with E-state index in [-0.39, 0.29) is 16.0 Å². The summed E-state index contributed by atoms with van der Waals surface area (Å²) in [6.07, 6.45) is 2.60. The second kappa shape index (κ2) is 4.72. The van der Waals surface area contributed by atoms with Crippen molar-refractivity contribution in [2.45, 2.75) is 16.8 Å². The van der Waals surface area contributed by atoms with Gasteiger partial charge in [-0.25, -0.2) is 9.97 Å². The Morgan fingerprint density at radius 1 is 1.59 bits per heavy atom. The van der Waals surface area contributed by atoms with Crippen LogP contribution in [0.15, 0.2) is 32.9 Å². The average molecular weight is 272 g/mol. The highest BCUT2D eigenvalue weighted by Crippen LogP contribution is 2.35. The van der Waals surface area contributed by atoms with E-state index in [2.05, 4.69) is 9.97 Å². The third-order valence-corrected chi connectivity index (χ3v) is 3.24. The van der Waals surface area contributed by atoms with E-state index in [9.17, 15) is 10.1 Å². The highest BCUT2D eigenvalue weighted by molar-refractivity contribution is 7.99. The van der Waals surface area contributed by atoms with Crippen LogP contribution in [-0.4, -0.2) is 14.9 Å². The number of nitrogens with zero attached hydrogens (tertiary/aromatic N) is 3. The maximum Gasteiger partial charge on any atom is 0.319 e. The van der Waals surface area contributed by atoms with Crippen LogP contribution in [0.5, 0.6) is 0 Å². The van der Waals surface area contributed by atoms with Crippen molar-refractivity contribution in [1.82, 2.24) is 9.97 Å². The zero-order valence-electron chi connectivity index (χ0n) is 8.58. The molecule has 0 atom stereocenters. The zero-order chi connectivity index (χ0) is 12.4. The number of rotatable bonds is 3. The number of nitro groups is 1. The van der Waals surface area contributed by atoms with Crippen molar-refractivity contribution in [1.29, 1.82) is 0 Å². The summed E-state index contributed by atoms with van der Waals surface area (Å²) >= 11 is 6.74. The Labute approximate surface area is 105 Å². The van der Waals surface area contributed by atoms with Crippen LogP contribution in [0.4, 0.5) is 5.69 Å². The van der Waals surface area contributed by atoms with Gasteiger partial charge in [-0.05, 0) is 24.6 Å². The molecule has 88 valence electrons. The Morgan fingerprint density at radius 3 is 2.94 bits per heavy atom. The van der Waals surface area contributed by atoms with E-state index < -0.39 is 4.92 Å². The minimum absolute atomic E-state index is 0.0285. The molecule has 0 radical (unpaired) electrons. The van der Waals surface area contributed by atoms with E-state index >= 15 is 0 Å². The molecule has 0 aromatic carbocycles. The highest BCUT2D eigenvalue weighted by Gasteiger charge is 2.19. The topological polar surface area (TPSA) is 82.1 Å². The summed E-state index contributed by atoms with van der Waals surface area (Å²) in [6.45, 7) is 1.76. The molecule has 17 heavy (non-hydrogen) atoms. The van der Waals surface area contributed by atoms with E-state index in [1.165, 1.54) is 6.26 Å². The molecule has 2 aromatic rings. The summed E-state index contributed by atoms with van der Waals surface area (Å²) in [6, 6.07) is 1.71. The standard InChI is InChI=1S/C9H6ClN3O3S/c1-5-7(2-3-16-5)17-8-6(13(14)15)4-11-9(10)12-8/h2-4H,1H3. The van der Waals surface area contributed by atoms with Crippen molar-refractivity contribution in [2.24, 2.45) is 0 Å². The third-order valence-electron chi connectivity index (χ3n) is 1.92. The van der Waals surface area contributed by atoms with Gasteiger partial charge >= 0.3 is 5.69 Å². The predicted molar refractivity (Wildman–Crippen MR) is 61.3 cm³/mol. The van der Waals surface area contributed by atoms with Gasteiger partial charge in [0.1, 0.15) is 12.0 Å². The number of aromatic nitrogens is 2. The predicted octanol–water partition coefficient (Wildman–Crippen LogP) is 3.09. The Hall–Kier alpha value is -1.60. The summed E-state index contributed by atoms with van der Waals surface area (Å²) in [7, 11) is 0. The number of hydrogen-bond acceptors (Lipinski definition) is 6. The molecule has 0 saturated heterocycles. The molecule has 0 aliphatic rings. The first-order chi connectivity index (χ1) is 8.08. The van der Waals surface area contributed by atoms with E-state index in [0.29, 0.717) is 5.76 Å². The summed E-state index contributed by atoms with van der Waals surface area (Å²) in [5.41, 5.74) is -0.181.